The van der Waals surface area contributed by atoms with Crippen LogP contribution in [0.1, 0.15) is 30.6 Å². The summed E-state index contributed by atoms with van der Waals surface area (Å²) in [5.41, 5.74) is 1.60. The van der Waals surface area contributed by atoms with E-state index in [1.165, 1.54) is 0 Å². The largest absolute Gasteiger partial charge is 0.385 e. The first-order valence-corrected chi connectivity index (χ1v) is 6.87. The zero-order chi connectivity index (χ0) is 14.6. The molecule has 0 spiro atoms. The highest BCUT2D eigenvalue weighted by molar-refractivity contribution is 6.05. The minimum absolute atomic E-state index is 0.0231. The van der Waals surface area contributed by atoms with E-state index in [0.717, 1.165) is 17.3 Å². The van der Waals surface area contributed by atoms with Gasteiger partial charge in [0.05, 0.1) is 11.1 Å². The second-order valence-electron chi connectivity index (χ2n) is 5.84. The van der Waals surface area contributed by atoms with Crippen molar-refractivity contribution in [2.45, 2.75) is 20.3 Å². The second-order valence-corrected chi connectivity index (χ2v) is 5.84. The maximum absolute atomic E-state index is 12.3. The van der Waals surface area contributed by atoms with Crippen LogP contribution in [0.5, 0.6) is 0 Å². The van der Waals surface area contributed by atoms with E-state index in [4.69, 9.17) is 4.74 Å². The van der Waals surface area contributed by atoms with Crippen LogP contribution in [0.4, 0.5) is 0 Å². The number of hydrogen-bond acceptors (Lipinski definition) is 2. The summed E-state index contributed by atoms with van der Waals surface area (Å²) in [6, 6.07) is 7.71. The number of amides is 1. The molecule has 0 aliphatic carbocycles. The summed E-state index contributed by atoms with van der Waals surface area (Å²) in [4.78, 5) is 15.4. The molecule has 1 heterocycles. The van der Waals surface area contributed by atoms with Crippen LogP contribution in [0.3, 0.4) is 0 Å². The quantitative estimate of drug-likeness (QED) is 0.851. The molecule has 1 amide bonds. The van der Waals surface area contributed by atoms with E-state index in [2.05, 4.69) is 24.1 Å². The van der Waals surface area contributed by atoms with E-state index in [1.54, 1.807) is 7.11 Å². The minimum Gasteiger partial charge on any atom is -0.385 e. The molecule has 0 saturated heterocycles. The number of carbonyl (C=O) groups excluding carboxylic acids is 1. The number of aromatic nitrogens is 1. The summed E-state index contributed by atoms with van der Waals surface area (Å²) in [6.07, 6.45) is 2.76. The lowest BCUT2D eigenvalue weighted by atomic mass is 9.89. The average molecular weight is 274 g/mol. The Hall–Kier alpha value is -1.81. The highest BCUT2D eigenvalue weighted by Crippen LogP contribution is 2.20. The fourth-order valence-corrected chi connectivity index (χ4v) is 2.16. The Kier molecular flexibility index (Phi) is 4.45. The van der Waals surface area contributed by atoms with Gasteiger partial charge in [0.1, 0.15) is 0 Å². The molecule has 20 heavy (non-hydrogen) atoms. The molecular formula is C16H22N2O2. The molecule has 0 aliphatic rings. The summed E-state index contributed by atoms with van der Waals surface area (Å²) in [5, 5.41) is 4.07. The fourth-order valence-electron chi connectivity index (χ4n) is 2.16. The van der Waals surface area contributed by atoms with E-state index in [-0.39, 0.29) is 11.3 Å². The maximum atomic E-state index is 12.3. The van der Waals surface area contributed by atoms with Gasteiger partial charge in [-0.1, -0.05) is 26.0 Å². The third-order valence-corrected chi connectivity index (χ3v) is 3.54. The van der Waals surface area contributed by atoms with Crippen LogP contribution in [0.15, 0.2) is 30.5 Å². The van der Waals surface area contributed by atoms with E-state index in [0.29, 0.717) is 18.7 Å². The smallest absolute Gasteiger partial charge is 0.253 e. The van der Waals surface area contributed by atoms with Gasteiger partial charge in [0, 0.05) is 31.8 Å². The van der Waals surface area contributed by atoms with Crippen molar-refractivity contribution in [3.05, 3.63) is 36.0 Å². The predicted molar refractivity (Wildman–Crippen MR) is 80.9 cm³/mol. The molecule has 108 valence electrons. The standard InChI is InChI=1S/C16H22N2O2/c1-16(2,8-10-20-3)11-18-15(19)13-6-4-5-12-7-9-17-14(12)13/h4-7,9,17H,8,10-11H2,1-3H3,(H,18,19). The minimum atomic E-state index is -0.0384. The monoisotopic (exact) mass is 274 g/mol. The van der Waals surface area contributed by atoms with E-state index in [9.17, 15) is 4.79 Å². The average Bonchev–Trinajstić information content (AvgIpc) is 2.91. The summed E-state index contributed by atoms with van der Waals surface area (Å²) in [5.74, 6) is -0.0384. The molecule has 2 N–H and O–H groups in total. The first kappa shape index (κ1) is 14.6. The molecule has 2 aromatic rings. The molecule has 2 rings (SSSR count). The number of H-pyrrole nitrogens is 1. The number of carbonyl (C=O) groups is 1. The van der Waals surface area contributed by atoms with Gasteiger partial charge in [-0.2, -0.15) is 0 Å². The Morgan fingerprint density at radius 1 is 1.35 bits per heavy atom. The van der Waals surface area contributed by atoms with Crippen molar-refractivity contribution in [3.63, 3.8) is 0 Å². The van der Waals surface area contributed by atoms with E-state index >= 15 is 0 Å². The molecule has 0 fully saturated rings. The summed E-state index contributed by atoms with van der Waals surface area (Å²) in [7, 11) is 1.70. The SMILES string of the molecule is COCCC(C)(C)CNC(=O)c1cccc2cc[nH]c12. The summed E-state index contributed by atoms with van der Waals surface area (Å²) >= 11 is 0. The van der Waals surface area contributed by atoms with Crippen molar-refractivity contribution in [3.8, 4) is 0 Å². The van der Waals surface area contributed by atoms with Gasteiger partial charge in [0.15, 0.2) is 0 Å². The van der Waals surface area contributed by atoms with Crippen molar-refractivity contribution in [2.75, 3.05) is 20.3 Å². The molecule has 0 atom stereocenters. The summed E-state index contributed by atoms with van der Waals surface area (Å²) < 4.78 is 5.10. The maximum Gasteiger partial charge on any atom is 0.253 e. The molecule has 0 bridgehead atoms. The number of para-hydroxylation sites is 1. The molecule has 0 radical (unpaired) electrons. The number of ether oxygens (including phenoxy) is 1. The van der Waals surface area contributed by atoms with Crippen LogP contribution in [-0.4, -0.2) is 31.2 Å². The Bertz CT molecular complexity index is 587. The number of nitrogens with one attached hydrogen (secondary N) is 2. The third-order valence-electron chi connectivity index (χ3n) is 3.54. The Balaban J connectivity index is 2.03. The normalized spacial score (nSPS) is 11.8. The van der Waals surface area contributed by atoms with Gasteiger partial charge >= 0.3 is 0 Å². The molecule has 1 aromatic heterocycles. The lowest BCUT2D eigenvalue weighted by Crippen LogP contribution is -2.34. The lowest BCUT2D eigenvalue weighted by Gasteiger charge is -2.24. The Labute approximate surface area is 119 Å². The zero-order valence-corrected chi connectivity index (χ0v) is 12.3. The Morgan fingerprint density at radius 3 is 2.90 bits per heavy atom. The number of fused-ring (bicyclic) bond motifs is 1. The number of benzene rings is 1. The molecule has 1 aromatic carbocycles. The molecule has 0 aliphatic heterocycles. The van der Waals surface area contributed by atoms with Crippen molar-refractivity contribution in [1.29, 1.82) is 0 Å². The van der Waals surface area contributed by atoms with Gasteiger partial charge in [-0.05, 0) is 24.0 Å². The van der Waals surface area contributed by atoms with Crippen molar-refractivity contribution < 1.29 is 9.53 Å². The molecule has 4 heteroatoms. The van der Waals surface area contributed by atoms with Crippen molar-refractivity contribution in [1.82, 2.24) is 10.3 Å². The van der Waals surface area contributed by atoms with Crippen molar-refractivity contribution >= 4 is 16.8 Å². The number of aromatic amines is 1. The van der Waals surface area contributed by atoms with Gasteiger partial charge < -0.3 is 15.0 Å². The van der Waals surface area contributed by atoms with Gasteiger partial charge in [0.2, 0.25) is 0 Å². The van der Waals surface area contributed by atoms with Gasteiger partial charge in [-0.25, -0.2) is 0 Å². The summed E-state index contributed by atoms with van der Waals surface area (Å²) in [6.45, 7) is 5.59. The van der Waals surface area contributed by atoms with E-state index < -0.39 is 0 Å². The highest BCUT2D eigenvalue weighted by atomic mass is 16.5. The van der Waals surface area contributed by atoms with Gasteiger partial charge in [-0.3, -0.25) is 4.79 Å². The Morgan fingerprint density at radius 2 is 2.15 bits per heavy atom. The third kappa shape index (κ3) is 3.39. The van der Waals surface area contributed by atoms with Gasteiger partial charge in [-0.15, -0.1) is 0 Å². The van der Waals surface area contributed by atoms with Crippen LogP contribution >= 0.6 is 0 Å². The zero-order valence-electron chi connectivity index (χ0n) is 12.3. The molecular weight excluding hydrogens is 252 g/mol. The molecule has 4 nitrogen and oxygen atoms in total. The van der Waals surface area contributed by atoms with Crippen LogP contribution in [-0.2, 0) is 4.74 Å². The van der Waals surface area contributed by atoms with E-state index in [1.807, 2.05) is 30.5 Å². The van der Waals surface area contributed by atoms with Crippen LogP contribution in [0.2, 0.25) is 0 Å². The number of methoxy groups -OCH3 is 1. The van der Waals surface area contributed by atoms with Crippen molar-refractivity contribution in [2.24, 2.45) is 5.41 Å². The fraction of sp³-hybridized carbons (Fsp3) is 0.438. The van der Waals surface area contributed by atoms with Crippen LogP contribution in [0, 0.1) is 5.41 Å². The lowest BCUT2D eigenvalue weighted by molar-refractivity contribution is 0.0922. The van der Waals surface area contributed by atoms with Gasteiger partial charge in [0.25, 0.3) is 5.91 Å². The number of hydrogen-bond donors (Lipinski definition) is 2. The van der Waals surface area contributed by atoms with Crippen LogP contribution < -0.4 is 5.32 Å². The first-order valence-electron chi connectivity index (χ1n) is 6.87. The topological polar surface area (TPSA) is 54.1 Å². The first-order chi connectivity index (χ1) is 9.53. The predicted octanol–water partition coefficient (Wildman–Crippen LogP) is 2.96. The highest BCUT2D eigenvalue weighted by Gasteiger charge is 2.19. The van der Waals surface area contributed by atoms with Crippen LogP contribution in [0.25, 0.3) is 10.9 Å². The molecule has 0 unspecified atom stereocenters. The molecule has 0 saturated carbocycles. The number of rotatable bonds is 6. The second kappa shape index (κ2) is 6.09.